The van der Waals surface area contributed by atoms with Crippen molar-refractivity contribution in [2.24, 2.45) is 0 Å². The summed E-state index contributed by atoms with van der Waals surface area (Å²) in [7, 11) is 0. The van der Waals surface area contributed by atoms with Gasteiger partial charge in [0.2, 0.25) is 0 Å². The minimum Gasteiger partial charge on any atom is -0.336 e. The summed E-state index contributed by atoms with van der Waals surface area (Å²) in [6.45, 7) is 0. The molecule has 6 heteroatoms. The Morgan fingerprint density at radius 2 is 1.84 bits per heavy atom. The first-order chi connectivity index (χ1) is 9.25. The normalized spacial score (nSPS) is 10.5. The maximum Gasteiger partial charge on any atom is 0.271 e. The second-order valence-corrected chi connectivity index (χ2v) is 4.01. The van der Waals surface area contributed by atoms with E-state index in [1.54, 1.807) is 47.8 Å². The molecule has 0 radical (unpaired) electrons. The number of rotatable bonds is 2. The highest BCUT2D eigenvalue weighted by molar-refractivity contribution is 5.61. The standard InChI is InChI=1S/C13H11N5O/c14-18-12(10-1-3-15-4-2-10)7-11(8-13(18)19)17-6-5-16-9-17/h1-9H,14H2. The van der Waals surface area contributed by atoms with Crippen LogP contribution in [-0.2, 0) is 0 Å². The van der Waals surface area contributed by atoms with Gasteiger partial charge in [-0.1, -0.05) is 0 Å². The maximum absolute atomic E-state index is 11.9. The second kappa shape index (κ2) is 4.41. The molecular formula is C13H11N5O. The number of aromatic nitrogens is 4. The summed E-state index contributed by atoms with van der Waals surface area (Å²) in [6, 6.07) is 6.90. The van der Waals surface area contributed by atoms with Crippen LogP contribution in [0, 0.1) is 0 Å². The number of imidazole rings is 1. The second-order valence-electron chi connectivity index (χ2n) is 4.01. The van der Waals surface area contributed by atoms with E-state index in [2.05, 4.69) is 9.97 Å². The van der Waals surface area contributed by atoms with E-state index in [0.29, 0.717) is 5.69 Å². The third-order valence-corrected chi connectivity index (χ3v) is 2.83. The Labute approximate surface area is 108 Å². The van der Waals surface area contributed by atoms with E-state index >= 15 is 0 Å². The molecule has 0 amide bonds. The fraction of sp³-hybridized carbons (Fsp3) is 0. The Kier molecular flexibility index (Phi) is 2.60. The molecule has 3 rings (SSSR count). The summed E-state index contributed by atoms with van der Waals surface area (Å²) in [5, 5.41) is 0. The van der Waals surface area contributed by atoms with E-state index < -0.39 is 0 Å². The Balaban J connectivity index is 2.23. The molecule has 3 aromatic heterocycles. The molecule has 0 fully saturated rings. The van der Waals surface area contributed by atoms with Crippen molar-refractivity contribution in [3.8, 4) is 16.9 Å². The van der Waals surface area contributed by atoms with Gasteiger partial charge >= 0.3 is 0 Å². The molecule has 0 aliphatic heterocycles. The molecule has 0 unspecified atom stereocenters. The molecule has 3 aromatic rings. The predicted octanol–water partition coefficient (Wildman–Crippen LogP) is 0.810. The van der Waals surface area contributed by atoms with Gasteiger partial charge in [0.05, 0.1) is 17.7 Å². The van der Waals surface area contributed by atoms with Gasteiger partial charge in [-0.2, -0.15) is 0 Å². The van der Waals surface area contributed by atoms with E-state index in [9.17, 15) is 4.79 Å². The van der Waals surface area contributed by atoms with Gasteiger partial charge in [0.1, 0.15) is 0 Å². The predicted molar refractivity (Wildman–Crippen MR) is 71.2 cm³/mol. The fourth-order valence-corrected chi connectivity index (χ4v) is 1.87. The average Bonchev–Trinajstić information content (AvgIpc) is 2.97. The first-order valence-electron chi connectivity index (χ1n) is 5.66. The molecule has 19 heavy (non-hydrogen) atoms. The summed E-state index contributed by atoms with van der Waals surface area (Å²) < 4.78 is 2.88. The Bertz CT molecular complexity index is 746. The molecule has 0 bridgehead atoms. The monoisotopic (exact) mass is 253 g/mol. The maximum atomic E-state index is 11.9. The first kappa shape index (κ1) is 11.2. The summed E-state index contributed by atoms with van der Waals surface area (Å²) in [6.07, 6.45) is 8.37. The lowest BCUT2D eigenvalue weighted by atomic mass is 10.1. The number of hydrogen-bond donors (Lipinski definition) is 1. The molecular weight excluding hydrogens is 242 g/mol. The highest BCUT2D eigenvalue weighted by Crippen LogP contribution is 2.18. The Morgan fingerprint density at radius 1 is 1.05 bits per heavy atom. The number of pyridine rings is 2. The van der Waals surface area contributed by atoms with Crippen LogP contribution < -0.4 is 11.4 Å². The van der Waals surface area contributed by atoms with E-state index in [1.165, 1.54) is 6.07 Å². The molecule has 3 heterocycles. The van der Waals surface area contributed by atoms with Crippen LogP contribution in [0.3, 0.4) is 0 Å². The topological polar surface area (TPSA) is 78.7 Å². The lowest BCUT2D eigenvalue weighted by Crippen LogP contribution is -2.28. The molecule has 2 N–H and O–H groups in total. The molecule has 0 saturated carbocycles. The average molecular weight is 253 g/mol. The molecule has 0 saturated heterocycles. The minimum absolute atomic E-state index is 0.280. The largest absolute Gasteiger partial charge is 0.336 e. The van der Waals surface area contributed by atoms with E-state index in [1.807, 2.05) is 6.07 Å². The van der Waals surface area contributed by atoms with Gasteiger partial charge in [-0.15, -0.1) is 0 Å². The minimum atomic E-state index is -0.280. The van der Waals surface area contributed by atoms with Gasteiger partial charge in [-0.25, -0.2) is 9.66 Å². The van der Waals surface area contributed by atoms with Gasteiger partial charge < -0.3 is 10.4 Å². The lowest BCUT2D eigenvalue weighted by molar-refractivity contribution is 0.927. The van der Waals surface area contributed by atoms with Crippen LogP contribution in [0.1, 0.15) is 0 Å². The lowest BCUT2D eigenvalue weighted by Gasteiger charge is -2.10. The van der Waals surface area contributed by atoms with Crippen molar-refractivity contribution in [2.75, 3.05) is 5.84 Å². The smallest absolute Gasteiger partial charge is 0.271 e. The summed E-state index contributed by atoms with van der Waals surface area (Å²) in [5.41, 5.74) is 1.89. The molecule has 94 valence electrons. The van der Waals surface area contributed by atoms with Crippen molar-refractivity contribution >= 4 is 0 Å². The highest BCUT2D eigenvalue weighted by atomic mass is 16.1. The number of nitrogens with zero attached hydrogens (tertiary/aromatic N) is 4. The molecule has 0 aliphatic carbocycles. The van der Waals surface area contributed by atoms with E-state index in [-0.39, 0.29) is 5.56 Å². The van der Waals surface area contributed by atoms with Crippen LogP contribution in [0.25, 0.3) is 16.9 Å². The van der Waals surface area contributed by atoms with Crippen molar-refractivity contribution in [1.29, 1.82) is 0 Å². The molecule has 6 nitrogen and oxygen atoms in total. The van der Waals surface area contributed by atoms with Crippen molar-refractivity contribution < 1.29 is 0 Å². The summed E-state index contributed by atoms with van der Waals surface area (Å²) >= 11 is 0. The number of nitrogen functional groups attached to an aromatic ring is 1. The van der Waals surface area contributed by atoms with E-state index in [0.717, 1.165) is 15.9 Å². The van der Waals surface area contributed by atoms with Gasteiger partial charge in [0, 0.05) is 36.4 Å². The van der Waals surface area contributed by atoms with Gasteiger partial charge in [-0.05, 0) is 18.2 Å². The third-order valence-electron chi connectivity index (χ3n) is 2.83. The zero-order chi connectivity index (χ0) is 13.2. The molecule has 0 atom stereocenters. The number of hydrogen-bond acceptors (Lipinski definition) is 4. The van der Waals surface area contributed by atoms with Crippen LogP contribution in [0.15, 0.2) is 60.2 Å². The van der Waals surface area contributed by atoms with Gasteiger partial charge in [0.15, 0.2) is 0 Å². The quantitative estimate of drug-likeness (QED) is 0.685. The summed E-state index contributed by atoms with van der Waals surface area (Å²) in [5.74, 6) is 5.80. The van der Waals surface area contributed by atoms with Crippen LogP contribution in [0.2, 0.25) is 0 Å². The third kappa shape index (κ3) is 1.99. The molecule has 0 aliphatic rings. The SMILES string of the molecule is Nn1c(-c2ccncc2)cc(-n2ccnc2)cc1=O. The van der Waals surface area contributed by atoms with Crippen molar-refractivity contribution in [3.05, 3.63) is 65.7 Å². The van der Waals surface area contributed by atoms with Crippen molar-refractivity contribution in [3.63, 3.8) is 0 Å². The molecule has 0 spiro atoms. The van der Waals surface area contributed by atoms with Crippen LogP contribution in [-0.4, -0.2) is 19.2 Å². The summed E-state index contributed by atoms with van der Waals surface area (Å²) in [4.78, 5) is 19.8. The van der Waals surface area contributed by atoms with Crippen molar-refractivity contribution in [1.82, 2.24) is 19.2 Å². The molecule has 0 aromatic carbocycles. The van der Waals surface area contributed by atoms with Crippen LogP contribution in [0.4, 0.5) is 0 Å². The Hall–Kier alpha value is -2.89. The van der Waals surface area contributed by atoms with Crippen molar-refractivity contribution in [2.45, 2.75) is 0 Å². The first-order valence-corrected chi connectivity index (χ1v) is 5.66. The highest BCUT2D eigenvalue weighted by Gasteiger charge is 2.07. The van der Waals surface area contributed by atoms with Gasteiger partial charge in [-0.3, -0.25) is 9.78 Å². The zero-order valence-electron chi connectivity index (χ0n) is 9.97. The fourth-order valence-electron chi connectivity index (χ4n) is 1.87. The number of nitrogens with two attached hydrogens (primary N) is 1. The van der Waals surface area contributed by atoms with Crippen LogP contribution in [0.5, 0.6) is 0 Å². The van der Waals surface area contributed by atoms with Gasteiger partial charge in [0.25, 0.3) is 5.56 Å². The Morgan fingerprint density at radius 3 is 2.53 bits per heavy atom. The van der Waals surface area contributed by atoms with Crippen LogP contribution >= 0.6 is 0 Å². The zero-order valence-corrected chi connectivity index (χ0v) is 9.97. The van der Waals surface area contributed by atoms with E-state index in [4.69, 9.17) is 5.84 Å².